The summed E-state index contributed by atoms with van der Waals surface area (Å²) in [5, 5.41) is 13.9. The number of carbonyl (C=O) groups is 1. The topological polar surface area (TPSA) is 95.1 Å². The number of para-hydroxylation sites is 2. The van der Waals surface area contributed by atoms with Crippen LogP contribution in [0.1, 0.15) is 18.1 Å². The molecule has 2 aromatic carbocycles. The Kier molecular flexibility index (Phi) is 5.79. The maximum absolute atomic E-state index is 12.7. The number of ether oxygens (including phenoxy) is 2. The van der Waals surface area contributed by atoms with Crippen molar-refractivity contribution >= 4 is 17.3 Å². The number of nitro groups is 1. The molecule has 2 N–H and O–H groups in total. The Morgan fingerprint density at radius 1 is 1.18 bits per heavy atom. The molecule has 0 radical (unpaired) electrons. The first-order valence-electron chi connectivity index (χ1n) is 9.07. The molecule has 2 aromatic rings. The van der Waals surface area contributed by atoms with Crippen molar-refractivity contribution in [1.82, 2.24) is 0 Å². The molecule has 148 valence electrons. The summed E-state index contributed by atoms with van der Waals surface area (Å²) >= 11 is 0. The van der Waals surface area contributed by atoms with Crippen molar-refractivity contribution in [3.05, 3.63) is 57.6 Å². The number of nitro benzene ring substituents is 1. The molecule has 1 amide bonds. The molecule has 1 aliphatic heterocycles. The number of carbonyl (C=O) groups excluding carboxylic acids is 1. The Labute approximate surface area is 163 Å². The standard InChI is InChI=1S/C20H23N3O5/c1-13(20(24)21-16-6-4-5-7-17(16)23(25)26)22-9-8-14-10-18(27-2)19(28-3)11-15(14)12-22/h4-7,10-11,13H,8-9,12H2,1-3H3,(H,21,24)/p+1/t13-/m0/s1. The summed E-state index contributed by atoms with van der Waals surface area (Å²) in [6, 6.07) is 9.75. The number of nitrogens with one attached hydrogen (secondary N) is 2. The average Bonchev–Trinajstić information content (AvgIpc) is 2.71. The fraction of sp³-hybridized carbons (Fsp3) is 0.350. The van der Waals surface area contributed by atoms with Crippen molar-refractivity contribution in [2.45, 2.75) is 25.9 Å². The van der Waals surface area contributed by atoms with Crippen LogP contribution in [0.15, 0.2) is 36.4 Å². The highest BCUT2D eigenvalue weighted by atomic mass is 16.6. The lowest BCUT2D eigenvalue weighted by Gasteiger charge is -2.30. The molecule has 0 spiro atoms. The van der Waals surface area contributed by atoms with Gasteiger partial charge in [-0.25, -0.2) is 0 Å². The van der Waals surface area contributed by atoms with Crippen molar-refractivity contribution in [3.63, 3.8) is 0 Å². The van der Waals surface area contributed by atoms with Gasteiger partial charge in [-0.05, 0) is 30.7 Å². The highest BCUT2D eigenvalue weighted by Crippen LogP contribution is 2.31. The predicted octanol–water partition coefficient (Wildman–Crippen LogP) is 1.58. The van der Waals surface area contributed by atoms with Gasteiger partial charge in [-0.1, -0.05) is 12.1 Å². The van der Waals surface area contributed by atoms with Gasteiger partial charge in [0.05, 0.1) is 25.7 Å². The van der Waals surface area contributed by atoms with Crippen LogP contribution in [0, 0.1) is 10.1 Å². The number of fused-ring (bicyclic) bond motifs is 1. The number of amides is 1. The van der Waals surface area contributed by atoms with E-state index in [9.17, 15) is 14.9 Å². The van der Waals surface area contributed by atoms with Crippen molar-refractivity contribution in [1.29, 1.82) is 0 Å². The van der Waals surface area contributed by atoms with Gasteiger partial charge in [0.1, 0.15) is 12.2 Å². The molecule has 0 saturated carbocycles. The van der Waals surface area contributed by atoms with E-state index in [2.05, 4.69) is 5.32 Å². The third-order valence-electron chi connectivity index (χ3n) is 5.20. The molecule has 1 unspecified atom stereocenters. The first kappa shape index (κ1) is 19.6. The Balaban J connectivity index is 1.75. The number of nitrogens with zero attached hydrogens (tertiary/aromatic N) is 1. The first-order chi connectivity index (χ1) is 13.4. The van der Waals surface area contributed by atoms with Gasteiger partial charge >= 0.3 is 0 Å². The molecule has 1 heterocycles. The molecule has 0 aromatic heterocycles. The van der Waals surface area contributed by atoms with Crippen LogP contribution in [-0.2, 0) is 17.8 Å². The Bertz CT molecular complexity index is 899. The van der Waals surface area contributed by atoms with Crippen molar-refractivity contribution in [2.24, 2.45) is 0 Å². The summed E-state index contributed by atoms with van der Waals surface area (Å²) < 4.78 is 10.7. The van der Waals surface area contributed by atoms with Crippen LogP contribution in [-0.4, -0.2) is 37.6 Å². The van der Waals surface area contributed by atoms with E-state index in [1.165, 1.54) is 11.6 Å². The number of hydrogen-bond acceptors (Lipinski definition) is 5. The second-order valence-corrected chi connectivity index (χ2v) is 6.80. The number of anilines is 1. The summed E-state index contributed by atoms with van der Waals surface area (Å²) in [5.41, 5.74) is 2.41. The van der Waals surface area contributed by atoms with Crippen LogP contribution in [0.25, 0.3) is 0 Å². The van der Waals surface area contributed by atoms with E-state index in [1.54, 1.807) is 32.4 Å². The third kappa shape index (κ3) is 3.91. The molecule has 3 rings (SSSR count). The summed E-state index contributed by atoms with van der Waals surface area (Å²) in [6.45, 7) is 3.29. The van der Waals surface area contributed by atoms with Crippen LogP contribution in [0.2, 0.25) is 0 Å². The molecule has 8 heteroatoms. The van der Waals surface area contributed by atoms with Gasteiger partial charge in [0.15, 0.2) is 17.5 Å². The SMILES string of the molecule is COc1cc2c(cc1OC)C[NH+]([C@@H](C)C(=O)Nc1ccccc1[N+](=O)[O-])CC2. The summed E-state index contributed by atoms with van der Waals surface area (Å²) in [7, 11) is 3.21. The van der Waals surface area contributed by atoms with Crippen LogP contribution in [0.3, 0.4) is 0 Å². The Morgan fingerprint density at radius 3 is 2.46 bits per heavy atom. The number of methoxy groups -OCH3 is 2. The first-order valence-corrected chi connectivity index (χ1v) is 9.07. The van der Waals surface area contributed by atoms with Gasteiger partial charge in [0, 0.05) is 18.1 Å². The quantitative estimate of drug-likeness (QED) is 0.581. The maximum atomic E-state index is 12.7. The van der Waals surface area contributed by atoms with Crippen molar-refractivity contribution in [2.75, 3.05) is 26.1 Å². The zero-order valence-electron chi connectivity index (χ0n) is 16.2. The van der Waals surface area contributed by atoms with Crippen LogP contribution < -0.4 is 19.7 Å². The van der Waals surface area contributed by atoms with Crippen LogP contribution in [0.5, 0.6) is 11.5 Å². The Morgan fingerprint density at radius 2 is 1.82 bits per heavy atom. The number of rotatable bonds is 6. The zero-order chi connectivity index (χ0) is 20.3. The molecular formula is C20H24N3O5+. The minimum Gasteiger partial charge on any atom is -0.493 e. The fourth-order valence-corrected chi connectivity index (χ4v) is 3.52. The largest absolute Gasteiger partial charge is 0.493 e. The van der Waals surface area contributed by atoms with Crippen molar-refractivity contribution < 1.29 is 24.1 Å². The summed E-state index contributed by atoms with van der Waals surface area (Å²) in [5.74, 6) is 1.12. The lowest BCUT2D eigenvalue weighted by Crippen LogP contribution is -3.16. The van der Waals surface area contributed by atoms with Gasteiger partial charge < -0.3 is 19.7 Å². The Hall–Kier alpha value is -3.13. The number of benzene rings is 2. The van der Waals surface area contributed by atoms with Gasteiger partial charge in [0.25, 0.3) is 11.6 Å². The molecular weight excluding hydrogens is 362 g/mol. The lowest BCUT2D eigenvalue weighted by molar-refractivity contribution is -0.929. The van der Waals surface area contributed by atoms with E-state index >= 15 is 0 Å². The van der Waals surface area contributed by atoms with Gasteiger partial charge in [-0.2, -0.15) is 0 Å². The molecule has 0 aliphatic carbocycles. The normalized spacial score (nSPS) is 16.6. The second kappa shape index (κ2) is 8.26. The van der Waals surface area contributed by atoms with Gasteiger partial charge in [0.2, 0.25) is 0 Å². The van der Waals surface area contributed by atoms with E-state index in [0.29, 0.717) is 18.0 Å². The molecule has 2 atom stereocenters. The maximum Gasteiger partial charge on any atom is 0.292 e. The van der Waals surface area contributed by atoms with E-state index in [1.807, 2.05) is 19.1 Å². The van der Waals surface area contributed by atoms with Crippen molar-refractivity contribution in [3.8, 4) is 11.5 Å². The number of quaternary nitrogens is 1. The molecule has 0 fully saturated rings. The molecule has 28 heavy (non-hydrogen) atoms. The minimum absolute atomic E-state index is 0.112. The molecule has 0 bridgehead atoms. The second-order valence-electron chi connectivity index (χ2n) is 6.80. The zero-order valence-corrected chi connectivity index (χ0v) is 16.2. The monoisotopic (exact) mass is 386 g/mol. The fourth-order valence-electron chi connectivity index (χ4n) is 3.52. The molecule has 8 nitrogen and oxygen atoms in total. The third-order valence-corrected chi connectivity index (χ3v) is 5.20. The van der Waals surface area contributed by atoms with Crippen LogP contribution in [0.4, 0.5) is 11.4 Å². The lowest BCUT2D eigenvalue weighted by atomic mass is 9.97. The predicted molar refractivity (Wildman–Crippen MR) is 104 cm³/mol. The molecule has 1 aliphatic rings. The summed E-state index contributed by atoms with van der Waals surface area (Å²) in [4.78, 5) is 24.5. The van der Waals surface area contributed by atoms with Gasteiger partial charge in [-0.15, -0.1) is 0 Å². The highest BCUT2D eigenvalue weighted by molar-refractivity contribution is 5.95. The van der Waals surface area contributed by atoms with E-state index in [4.69, 9.17) is 9.47 Å². The smallest absolute Gasteiger partial charge is 0.292 e. The van der Waals surface area contributed by atoms with Gasteiger partial charge in [-0.3, -0.25) is 14.9 Å². The number of hydrogen-bond donors (Lipinski definition) is 2. The highest BCUT2D eigenvalue weighted by Gasteiger charge is 2.31. The minimum atomic E-state index is -0.496. The van der Waals surface area contributed by atoms with E-state index < -0.39 is 4.92 Å². The molecule has 0 saturated heterocycles. The van der Waals surface area contributed by atoms with E-state index in [0.717, 1.165) is 23.4 Å². The summed E-state index contributed by atoms with van der Waals surface area (Å²) in [6.07, 6.45) is 0.814. The van der Waals surface area contributed by atoms with Crippen LogP contribution >= 0.6 is 0 Å². The average molecular weight is 386 g/mol. The van der Waals surface area contributed by atoms with E-state index in [-0.39, 0.29) is 23.3 Å².